The van der Waals surface area contributed by atoms with Crippen LogP contribution in [0.4, 0.5) is 0 Å². The first-order chi connectivity index (χ1) is 24.3. The van der Waals surface area contributed by atoms with E-state index in [-0.39, 0.29) is 41.2 Å². The fourth-order valence-corrected chi connectivity index (χ4v) is 8.65. The highest BCUT2D eigenvalue weighted by molar-refractivity contribution is 6.32. The number of hydrogen-bond donors (Lipinski definition) is 7. The van der Waals surface area contributed by atoms with Crippen molar-refractivity contribution in [2.75, 3.05) is 0 Å². The summed E-state index contributed by atoms with van der Waals surface area (Å²) in [5.74, 6) is -3.34. The quantitative estimate of drug-likeness (QED) is 0.219. The van der Waals surface area contributed by atoms with Gasteiger partial charge in [-0.15, -0.1) is 0 Å². The van der Waals surface area contributed by atoms with Gasteiger partial charge in [0.05, 0.1) is 59.5 Å². The third-order valence-electron chi connectivity index (χ3n) is 11.5. The number of allylic oxidation sites excluding steroid dienone is 2. The molecule has 3 saturated heterocycles. The molecule has 4 fully saturated rings. The average molecular weight is 731 g/mol. The third-order valence-corrected chi connectivity index (χ3v) is 11.5. The molecule has 11 unspecified atom stereocenters. The number of phenols is 1. The van der Waals surface area contributed by atoms with Crippen molar-refractivity contribution in [1.29, 1.82) is 0 Å². The molecule has 284 valence electrons. The van der Waals surface area contributed by atoms with E-state index in [2.05, 4.69) is 0 Å². The van der Waals surface area contributed by atoms with Crippen molar-refractivity contribution in [2.45, 2.75) is 151 Å². The van der Waals surface area contributed by atoms with Crippen LogP contribution in [0.1, 0.15) is 98.6 Å². The summed E-state index contributed by atoms with van der Waals surface area (Å²) in [6, 6.07) is 2.68. The Labute approximate surface area is 299 Å². The topological polar surface area (TPSA) is 239 Å². The van der Waals surface area contributed by atoms with Gasteiger partial charge < -0.3 is 59.4 Å². The molecule has 1 aromatic carbocycles. The number of benzene rings is 1. The minimum Gasteiger partial charge on any atom is -0.507 e. The fourth-order valence-electron chi connectivity index (χ4n) is 8.65. The monoisotopic (exact) mass is 730 g/mol. The van der Waals surface area contributed by atoms with Crippen LogP contribution in [0.5, 0.6) is 5.75 Å². The maximum atomic E-state index is 13.9. The molecule has 7 N–H and O–H groups in total. The standard InChI is InChI=1S/C37H46O15/c1-15-22(51-27-11-21(38)30(40)16(2)50-27)7-8-26(49-15)52-24-12-23(48-17(3)31(24)41)18-5-6-19-28(32(18)42)33(43)20-9-10-36(46)14-35(4,45)13-25(39)37(36,47)29(20)34(19)44/h5-6,9-10,15-17,21-24,26-27,30-31,38,40-42,45-47H,7-8,11-14H2,1-4H3/t15?,16?,17?,21?,22?,23?,24?,26?,27?,30?,31?,35-,36-,37+/m0/s1. The van der Waals surface area contributed by atoms with E-state index in [0.29, 0.717) is 12.8 Å². The molecule has 15 nitrogen and oxygen atoms in total. The van der Waals surface area contributed by atoms with Crippen molar-refractivity contribution in [2.24, 2.45) is 0 Å². The number of fused-ring (bicyclic) bond motifs is 3. The lowest BCUT2D eigenvalue weighted by molar-refractivity contribution is -0.306. The molecule has 14 atom stereocenters. The number of carbonyl (C=O) groups is 3. The molecule has 3 heterocycles. The van der Waals surface area contributed by atoms with Gasteiger partial charge in [0.2, 0.25) is 0 Å². The van der Waals surface area contributed by atoms with Gasteiger partial charge in [0.25, 0.3) is 0 Å². The molecule has 1 saturated carbocycles. The van der Waals surface area contributed by atoms with E-state index in [9.17, 15) is 50.1 Å². The summed E-state index contributed by atoms with van der Waals surface area (Å²) in [5.41, 5.74) is -8.26. The van der Waals surface area contributed by atoms with Crippen molar-refractivity contribution in [3.05, 3.63) is 52.1 Å². The average Bonchev–Trinajstić information content (AvgIpc) is 3.06. The third kappa shape index (κ3) is 6.00. The number of rotatable bonds is 5. The van der Waals surface area contributed by atoms with Crippen LogP contribution >= 0.6 is 0 Å². The summed E-state index contributed by atoms with van der Waals surface area (Å²) in [7, 11) is 0. The summed E-state index contributed by atoms with van der Waals surface area (Å²) < 4.78 is 30.2. The molecule has 0 spiro atoms. The number of Topliss-reactive ketones (excluding diaryl/α,β-unsaturated/α-hetero) is 3. The minimum atomic E-state index is -2.79. The molecule has 0 amide bonds. The zero-order chi connectivity index (χ0) is 37.7. The number of carbonyl (C=O) groups excluding carboxylic acids is 3. The van der Waals surface area contributed by atoms with Gasteiger partial charge in [0.1, 0.15) is 23.6 Å². The van der Waals surface area contributed by atoms with Gasteiger partial charge in [-0.05, 0) is 46.3 Å². The Bertz CT molecular complexity index is 1710. The maximum Gasteiger partial charge on any atom is 0.198 e. The van der Waals surface area contributed by atoms with Crippen molar-refractivity contribution in [3.63, 3.8) is 0 Å². The van der Waals surface area contributed by atoms with Crippen LogP contribution in [0.2, 0.25) is 0 Å². The van der Waals surface area contributed by atoms with E-state index in [0.717, 1.165) is 12.2 Å². The van der Waals surface area contributed by atoms with Gasteiger partial charge in [-0.25, -0.2) is 0 Å². The van der Waals surface area contributed by atoms with Crippen molar-refractivity contribution in [1.82, 2.24) is 0 Å². The van der Waals surface area contributed by atoms with Gasteiger partial charge in [-0.1, -0.05) is 12.1 Å². The fraction of sp³-hybridized carbons (Fsp3) is 0.649. The largest absolute Gasteiger partial charge is 0.507 e. The molecule has 0 bridgehead atoms. The summed E-state index contributed by atoms with van der Waals surface area (Å²) in [5, 5.41) is 76.3. The SMILES string of the molecule is CC1OC(OC2CC(c3ccc4c(c3O)C(=O)C3=C(C4=O)[C@]4(O)C(=O)C[C@](C)(O)C[C@@]4(O)C=C3)OC(C)C2O)CCC1OC1CC(O)C(O)C(C)O1. The number of ether oxygens (including phenoxy) is 5. The lowest BCUT2D eigenvalue weighted by atomic mass is 9.57. The van der Waals surface area contributed by atoms with Crippen LogP contribution in [0.25, 0.3) is 0 Å². The van der Waals surface area contributed by atoms with Gasteiger partial charge in [0.15, 0.2) is 35.5 Å². The molecular formula is C37H46O15. The van der Waals surface area contributed by atoms with E-state index in [1.165, 1.54) is 19.1 Å². The first kappa shape index (κ1) is 37.4. The molecule has 3 aliphatic heterocycles. The molecule has 1 aromatic rings. The van der Waals surface area contributed by atoms with Crippen molar-refractivity contribution < 1.29 is 73.8 Å². The predicted octanol–water partition coefficient (Wildman–Crippen LogP) is 0.577. The Morgan fingerprint density at radius 2 is 1.48 bits per heavy atom. The van der Waals surface area contributed by atoms with Crippen LogP contribution in [-0.4, -0.2) is 131 Å². The van der Waals surface area contributed by atoms with Crippen LogP contribution in [0.3, 0.4) is 0 Å². The van der Waals surface area contributed by atoms with E-state index in [1.54, 1.807) is 13.8 Å². The summed E-state index contributed by atoms with van der Waals surface area (Å²) >= 11 is 0. The lowest BCUT2D eigenvalue weighted by Gasteiger charge is -2.51. The Kier molecular flexibility index (Phi) is 9.44. The zero-order valence-electron chi connectivity index (χ0n) is 29.3. The molecule has 0 radical (unpaired) electrons. The summed E-state index contributed by atoms with van der Waals surface area (Å²) in [6.07, 6.45) is -6.22. The molecule has 3 aliphatic carbocycles. The molecular weight excluding hydrogens is 684 g/mol. The Morgan fingerprint density at radius 1 is 0.808 bits per heavy atom. The van der Waals surface area contributed by atoms with Gasteiger partial charge in [-0.3, -0.25) is 14.4 Å². The second kappa shape index (κ2) is 13.1. The predicted molar refractivity (Wildman–Crippen MR) is 176 cm³/mol. The number of aromatic hydroxyl groups is 1. The normalized spacial score (nSPS) is 45.0. The van der Waals surface area contributed by atoms with Gasteiger partial charge in [-0.2, -0.15) is 0 Å². The van der Waals surface area contributed by atoms with Crippen molar-refractivity contribution in [3.8, 4) is 5.75 Å². The minimum absolute atomic E-state index is 0.0389. The second-order valence-corrected chi connectivity index (χ2v) is 15.4. The van der Waals surface area contributed by atoms with Crippen LogP contribution in [-0.2, 0) is 28.5 Å². The van der Waals surface area contributed by atoms with Crippen LogP contribution in [0.15, 0.2) is 35.4 Å². The highest BCUT2D eigenvalue weighted by Crippen LogP contribution is 2.52. The maximum absolute atomic E-state index is 13.9. The molecule has 15 heteroatoms. The molecule has 7 rings (SSSR count). The zero-order valence-corrected chi connectivity index (χ0v) is 29.3. The lowest BCUT2D eigenvalue weighted by Crippen LogP contribution is -2.69. The summed E-state index contributed by atoms with van der Waals surface area (Å²) in [4.78, 5) is 41.1. The van der Waals surface area contributed by atoms with E-state index < -0.39 is 120 Å². The molecule has 6 aliphatic rings. The first-order valence-corrected chi connectivity index (χ1v) is 17.8. The molecule has 0 aromatic heterocycles. The van der Waals surface area contributed by atoms with Crippen molar-refractivity contribution >= 4 is 17.3 Å². The number of phenolic OH excluding ortho intramolecular Hbond substituents is 1. The van der Waals surface area contributed by atoms with Gasteiger partial charge in [0, 0.05) is 48.8 Å². The smallest absolute Gasteiger partial charge is 0.198 e. The second-order valence-electron chi connectivity index (χ2n) is 15.4. The highest BCUT2D eigenvalue weighted by atomic mass is 16.7. The number of aliphatic hydroxyl groups excluding tert-OH is 3. The van der Waals surface area contributed by atoms with Crippen LogP contribution in [0, 0.1) is 0 Å². The number of aliphatic hydroxyl groups is 6. The highest BCUT2D eigenvalue weighted by Gasteiger charge is 2.66. The first-order valence-electron chi connectivity index (χ1n) is 17.8. The van der Waals surface area contributed by atoms with E-state index in [4.69, 9.17) is 23.7 Å². The Balaban J connectivity index is 1.07. The molecule has 52 heavy (non-hydrogen) atoms. The van der Waals surface area contributed by atoms with E-state index in [1.807, 2.05) is 6.92 Å². The van der Waals surface area contributed by atoms with Gasteiger partial charge >= 0.3 is 0 Å². The Morgan fingerprint density at radius 3 is 2.17 bits per heavy atom. The van der Waals surface area contributed by atoms with E-state index >= 15 is 0 Å². The Hall–Kier alpha value is -2.93. The van der Waals surface area contributed by atoms with Crippen LogP contribution < -0.4 is 0 Å². The number of hydrogen-bond acceptors (Lipinski definition) is 15. The number of ketones is 3. The summed E-state index contributed by atoms with van der Waals surface area (Å²) in [6.45, 7) is 6.42.